The van der Waals surface area contributed by atoms with Gasteiger partial charge in [-0.3, -0.25) is 9.59 Å². The van der Waals surface area contributed by atoms with Crippen LogP contribution in [-0.2, 0) is 14.3 Å². The summed E-state index contributed by atoms with van der Waals surface area (Å²) in [5.74, 6) is 0.673. The lowest BCUT2D eigenvalue weighted by molar-refractivity contribution is -0.143. The molecule has 1 N–H and O–H groups in total. The maximum atomic E-state index is 12.2. The minimum Gasteiger partial charge on any atom is -0.466 e. The molecule has 0 bridgehead atoms. The average molecular weight is 374 g/mol. The van der Waals surface area contributed by atoms with Gasteiger partial charge in [0, 0.05) is 18.1 Å². The van der Waals surface area contributed by atoms with Crippen LogP contribution >= 0.6 is 23.1 Å². The molecule has 0 aliphatic carbocycles. The molecule has 0 saturated carbocycles. The van der Waals surface area contributed by atoms with Gasteiger partial charge < -0.3 is 10.1 Å². The topological polar surface area (TPSA) is 81.2 Å². The van der Waals surface area contributed by atoms with Gasteiger partial charge >= 0.3 is 5.97 Å². The molecule has 0 spiro atoms. The molecule has 1 aromatic heterocycles. The maximum Gasteiger partial charge on any atom is 0.305 e. The van der Waals surface area contributed by atoms with E-state index >= 15 is 0 Å². The van der Waals surface area contributed by atoms with Crippen molar-refractivity contribution in [2.75, 3.05) is 17.7 Å². The zero-order valence-electron chi connectivity index (χ0n) is 14.7. The summed E-state index contributed by atoms with van der Waals surface area (Å²) in [6, 6.07) is 0. The lowest BCUT2D eigenvalue weighted by Gasteiger charge is -2.12. The predicted octanol–water partition coefficient (Wildman–Crippen LogP) is 4.13. The highest BCUT2D eigenvalue weighted by Crippen LogP contribution is 2.27. The fraction of sp³-hybridized carbons (Fsp3) is 0.750. The lowest BCUT2D eigenvalue weighted by atomic mass is 9.99. The molecule has 1 rings (SSSR count). The van der Waals surface area contributed by atoms with E-state index in [1.807, 2.05) is 6.92 Å². The third-order valence-corrected chi connectivity index (χ3v) is 5.52. The third kappa shape index (κ3) is 8.10. The van der Waals surface area contributed by atoms with Gasteiger partial charge in [-0.1, -0.05) is 49.8 Å². The number of ether oxygens (including phenoxy) is 1. The van der Waals surface area contributed by atoms with Crippen LogP contribution in [0.5, 0.6) is 0 Å². The van der Waals surface area contributed by atoms with E-state index in [9.17, 15) is 9.59 Å². The first-order valence-electron chi connectivity index (χ1n) is 8.53. The Morgan fingerprint density at radius 1 is 1.25 bits per heavy atom. The van der Waals surface area contributed by atoms with Crippen molar-refractivity contribution in [2.45, 2.75) is 63.6 Å². The molecule has 0 fully saturated rings. The second kappa shape index (κ2) is 12.2. The molecule has 1 heterocycles. The molecule has 8 heteroatoms. The highest BCUT2D eigenvalue weighted by atomic mass is 32.2. The van der Waals surface area contributed by atoms with Gasteiger partial charge in [-0.2, -0.15) is 0 Å². The summed E-state index contributed by atoms with van der Waals surface area (Å²) in [4.78, 5) is 23.5. The standard InChI is InChI=1S/C16H27N3O3S2/c1-4-7-9-12(5-2)14(21)17-15-18-19-16(24-15)23-11-8-10-13(20)22-6-3/h12H,4-11H2,1-3H3,(H,17,18,21). The summed E-state index contributed by atoms with van der Waals surface area (Å²) in [6.45, 7) is 6.38. The fourth-order valence-electron chi connectivity index (χ4n) is 2.11. The van der Waals surface area contributed by atoms with E-state index in [0.29, 0.717) is 18.2 Å². The molecule has 1 aromatic rings. The van der Waals surface area contributed by atoms with Gasteiger partial charge in [-0.25, -0.2) is 0 Å². The molecule has 136 valence electrons. The summed E-state index contributed by atoms with van der Waals surface area (Å²) < 4.78 is 5.68. The molecular weight excluding hydrogens is 346 g/mol. The number of nitrogens with one attached hydrogen (secondary N) is 1. The fourth-order valence-corrected chi connectivity index (χ4v) is 3.87. The minimum atomic E-state index is -0.166. The van der Waals surface area contributed by atoms with Gasteiger partial charge in [0.05, 0.1) is 6.61 Å². The van der Waals surface area contributed by atoms with E-state index in [1.165, 1.54) is 11.3 Å². The molecule has 0 aliphatic rings. The zero-order chi connectivity index (χ0) is 17.8. The van der Waals surface area contributed by atoms with E-state index in [0.717, 1.165) is 42.2 Å². The predicted molar refractivity (Wildman–Crippen MR) is 98.4 cm³/mol. The number of carbonyl (C=O) groups is 2. The number of hydrogen-bond donors (Lipinski definition) is 1. The van der Waals surface area contributed by atoms with Crippen LogP contribution < -0.4 is 5.32 Å². The number of esters is 1. The second-order valence-corrected chi connectivity index (χ2v) is 7.69. The summed E-state index contributed by atoms with van der Waals surface area (Å²) in [5.41, 5.74) is 0. The normalized spacial score (nSPS) is 12.0. The van der Waals surface area contributed by atoms with E-state index in [4.69, 9.17) is 4.74 Å². The van der Waals surface area contributed by atoms with Crippen molar-refractivity contribution in [2.24, 2.45) is 5.92 Å². The average Bonchev–Trinajstić information content (AvgIpc) is 3.00. The Bertz CT molecular complexity index is 509. The van der Waals surface area contributed by atoms with Gasteiger partial charge in [-0.05, 0) is 26.2 Å². The van der Waals surface area contributed by atoms with Gasteiger partial charge in [-0.15, -0.1) is 10.2 Å². The number of thioether (sulfide) groups is 1. The molecule has 0 radical (unpaired) electrons. The molecule has 6 nitrogen and oxygen atoms in total. The van der Waals surface area contributed by atoms with Crippen molar-refractivity contribution < 1.29 is 14.3 Å². The van der Waals surface area contributed by atoms with Crippen LogP contribution in [-0.4, -0.2) is 34.4 Å². The van der Waals surface area contributed by atoms with Crippen LogP contribution in [0.25, 0.3) is 0 Å². The van der Waals surface area contributed by atoms with E-state index in [-0.39, 0.29) is 17.8 Å². The van der Waals surface area contributed by atoms with Crippen LogP contribution in [0.2, 0.25) is 0 Å². The molecule has 24 heavy (non-hydrogen) atoms. The summed E-state index contributed by atoms with van der Waals surface area (Å²) in [6.07, 6.45) is 5.05. The third-order valence-electron chi connectivity index (χ3n) is 3.46. The second-order valence-electron chi connectivity index (χ2n) is 5.37. The van der Waals surface area contributed by atoms with Gasteiger partial charge in [0.2, 0.25) is 11.0 Å². The molecule has 0 aliphatic heterocycles. The number of aromatic nitrogens is 2. The van der Waals surface area contributed by atoms with Crippen molar-refractivity contribution in [3.8, 4) is 0 Å². The summed E-state index contributed by atoms with van der Waals surface area (Å²) >= 11 is 2.92. The zero-order valence-corrected chi connectivity index (χ0v) is 16.3. The molecule has 1 atom stereocenters. The maximum absolute atomic E-state index is 12.2. The summed E-state index contributed by atoms with van der Waals surface area (Å²) in [7, 11) is 0. The molecule has 1 unspecified atom stereocenters. The van der Waals surface area contributed by atoms with Crippen molar-refractivity contribution in [1.29, 1.82) is 0 Å². The van der Waals surface area contributed by atoms with Crippen LogP contribution in [0.1, 0.15) is 59.3 Å². The van der Waals surface area contributed by atoms with E-state index in [2.05, 4.69) is 22.4 Å². The van der Waals surface area contributed by atoms with E-state index < -0.39 is 0 Å². The summed E-state index contributed by atoms with van der Waals surface area (Å²) in [5, 5.41) is 11.5. The number of amides is 1. The van der Waals surface area contributed by atoms with Crippen LogP contribution in [0, 0.1) is 5.92 Å². The van der Waals surface area contributed by atoms with Crippen LogP contribution in [0.3, 0.4) is 0 Å². The minimum absolute atomic E-state index is 0.0287. The number of hydrogen-bond acceptors (Lipinski definition) is 7. The Kier molecular flexibility index (Phi) is 10.7. The quantitative estimate of drug-likeness (QED) is 0.257. The SMILES string of the molecule is CCCCC(CC)C(=O)Nc1nnc(SCCCC(=O)OCC)s1. The highest BCUT2D eigenvalue weighted by molar-refractivity contribution is 8.01. The first kappa shape index (κ1) is 20.9. The number of unbranched alkanes of at least 4 members (excludes halogenated alkanes) is 1. The number of rotatable bonds is 12. The van der Waals surface area contributed by atoms with Crippen molar-refractivity contribution in [1.82, 2.24) is 10.2 Å². The Balaban J connectivity index is 2.34. The monoisotopic (exact) mass is 373 g/mol. The van der Waals surface area contributed by atoms with Crippen molar-refractivity contribution in [3.05, 3.63) is 0 Å². The Morgan fingerprint density at radius 3 is 2.71 bits per heavy atom. The van der Waals surface area contributed by atoms with E-state index in [1.54, 1.807) is 18.7 Å². The van der Waals surface area contributed by atoms with Gasteiger partial charge in [0.15, 0.2) is 4.34 Å². The van der Waals surface area contributed by atoms with Gasteiger partial charge in [0.25, 0.3) is 0 Å². The number of nitrogens with zero attached hydrogens (tertiary/aromatic N) is 2. The van der Waals surface area contributed by atoms with Crippen molar-refractivity contribution >= 4 is 40.1 Å². The number of anilines is 1. The lowest BCUT2D eigenvalue weighted by Crippen LogP contribution is -2.22. The van der Waals surface area contributed by atoms with Gasteiger partial charge in [0.1, 0.15) is 0 Å². The highest BCUT2D eigenvalue weighted by Gasteiger charge is 2.17. The molecule has 0 aromatic carbocycles. The Morgan fingerprint density at radius 2 is 2.04 bits per heavy atom. The number of carbonyl (C=O) groups excluding carboxylic acids is 2. The first-order chi connectivity index (χ1) is 11.6. The van der Waals surface area contributed by atoms with Crippen LogP contribution in [0.4, 0.5) is 5.13 Å². The first-order valence-corrected chi connectivity index (χ1v) is 10.3. The Labute approximate surface area is 152 Å². The Hall–Kier alpha value is -1.15. The van der Waals surface area contributed by atoms with Crippen LogP contribution in [0.15, 0.2) is 4.34 Å². The van der Waals surface area contributed by atoms with Crippen molar-refractivity contribution in [3.63, 3.8) is 0 Å². The molecule has 1 amide bonds. The largest absolute Gasteiger partial charge is 0.466 e. The smallest absolute Gasteiger partial charge is 0.305 e. The molecular formula is C16H27N3O3S2. The molecule has 0 saturated heterocycles.